The monoisotopic (exact) mass is 185 g/mol. The third kappa shape index (κ3) is 0.662. The summed E-state index contributed by atoms with van der Waals surface area (Å²) in [7, 11) is 0. The molecule has 0 fully saturated rings. The Hall–Kier alpha value is -2.25. The minimum Gasteiger partial charge on any atom is -0.737 e. The number of hydrogen-bond acceptors (Lipinski definition) is 6. The molecule has 8 heteroatoms. The van der Waals surface area contributed by atoms with Gasteiger partial charge in [0.15, 0.2) is 0 Å². The van der Waals surface area contributed by atoms with E-state index in [4.69, 9.17) is 21.6 Å². The van der Waals surface area contributed by atoms with Gasteiger partial charge in [-0.05, 0) is 0 Å². The van der Waals surface area contributed by atoms with Crippen LogP contribution in [0.3, 0.4) is 0 Å². The molecule has 0 aromatic carbocycles. The Morgan fingerprint density at radius 3 is 2.54 bits per heavy atom. The summed E-state index contributed by atoms with van der Waals surface area (Å²) in [6.07, 6.45) is 0. The molecule has 13 heavy (non-hydrogen) atoms. The second kappa shape index (κ2) is 1.91. The van der Waals surface area contributed by atoms with Gasteiger partial charge in [0, 0.05) is 0 Å². The molecule has 0 aliphatic rings. The van der Waals surface area contributed by atoms with E-state index in [9.17, 15) is 10.4 Å². The highest BCUT2D eigenvalue weighted by atomic mass is 16.5. The Morgan fingerprint density at radius 2 is 2.00 bits per heavy atom. The van der Waals surface area contributed by atoms with E-state index in [2.05, 4.69) is 0 Å². The fourth-order valence-electron chi connectivity index (χ4n) is 1.09. The quantitative estimate of drug-likeness (QED) is 0.232. The molecule has 8 nitrogen and oxygen atoms in total. The van der Waals surface area contributed by atoms with Gasteiger partial charge >= 0.3 is 11.7 Å². The molecule has 0 aliphatic heterocycles. The molecule has 0 saturated heterocycles. The Kier molecular flexibility index (Phi) is 1.09. The predicted octanol–water partition coefficient (Wildman–Crippen LogP) is -1.15. The number of fused-ring (bicyclic) bond motifs is 1. The molecule has 70 valence electrons. The third-order valence-electron chi connectivity index (χ3n) is 1.75. The van der Waals surface area contributed by atoms with Gasteiger partial charge in [-0.3, -0.25) is 5.73 Å². The molecule has 2 aromatic heterocycles. The number of nitrogens with zero attached hydrogens (tertiary/aromatic N) is 2. The van der Waals surface area contributed by atoms with Crippen molar-refractivity contribution < 1.29 is 14.4 Å². The zero-order chi connectivity index (χ0) is 9.75. The number of nitrogens with two attached hydrogens (primary N) is 3. The zero-order valence-electron chi connectivity index (χ0n) is 6.39. The van der Waals surface area contributed by atoms with E-state index in [1.807, 2.05) is 0 Å². The summed E-state index contributed by atoms with van der Waals surface area (Å²) in [5, 5.41) is 20.4. The minimum atomic E-state index is -0.403. The highest BCUT2D eigenvalue weighted by Crippen LogP contribution is 2.28. The minimum absolute atomic E-state index is 0.0150. The molecular formula is C5H7N5O3. The fourth-order valence-corrected chi connectivity index (χ4v) is 1.09. The van der Waals surface area contributed by atoms with Crippen molar-refractivity contribution in [2.75, 3.05) is 17.2 Å². The maximum atomic E-state index is 11.1. The number of aromatic nitrogens is 2. The molecule has 0 saturated carbocycles. The normalized spacial score (nSPS) is 11.1. The van der Waals surface area contributed by atoms with Gasteiger partial charge in [-0.1, -0.05) is 4.73 Å². The first-order valence-electron chi connectivity index (χ1n) is 3.30. The lowest BCUT2D eigenvalue weighted by Crippen LogP contribution is -2.29. The molecule has 2 aromatic rings. The van der Waals surface area contributed by atoms with Gasteiger partial charge in [-0.25, -0.2) is 4.73 Å². The predicted molar refractivity (Wildman–Crippen MR) is 43.6 cm³/mol. The summed E-state index contributed by atoms with van der Waals surface area (Å²) in [6, 6.07) is -0.403. The molecule has 2 heterocycles. The van der Waals surface area contributed by atoms with E-state index in [1.165, 1.54) is 0 Å². The average molecular weight is 185 g/mol. The number of nitrogen functional groups attached to an aromatic ring is 3. The van der Waals surface area contributed by atoms with Crippen LogP contribution in [-0.2, 0) is 0 Å². The van der Waals surface area contributed by atoms with Crippen molar-refractivity contribution in [1.29, 1.82) is 0 Å². The third-order valence-corrected chi connectivity index (χ3v) is 1.75. The Morgan fingerprint density at radius 1 is 1.38 bits per heavy atom. The van der Waals surface area contributed by atoms with Crippen LogP contribution in [-0.4, -0.2) is 9.94 Å². The van der Waals surface area contributed by atoms with Crippen molar-refractivity contribution in [2.24, 2.45) is 0 Å². The summed E-state index contributed by atoms with van der Waals surface area (Å²) in [6.45, 7) is 0. The Labute approximate surface area is 71.3 Å². The van der Waals surface area contributed by atoms with Crippen LogP contribution in [0.1, 0.15) is 0 Å². The van der Waals surface area contributed by atoms with Crippen LogP contribution in [0.2, 0.25) is 0 Å². The molecular weight excluding hydrogens is 178 g/mol. The summed E-state index contributed by atoms with van der Waals surface area (Å²) >= 11 is 0. The van der Waals surface area contributed by atoms with Crippen LogP contribution in [0.4, 0.5) is 17.5 Å². The molecule has 0 bridgehead atoms. The number of oxazole rings is 1. The summed E-state index contributed by atoms with van der Waals surface area (Å²) in [5.41, 5.74) is 15.6. The van der Waals surface area contributed by atoms with Crippen LogP contribution >= 0.6 is 0 Å². The van der Waals surface area contributed by atoms with Gasteiger partial charge in [-0.2, -0.15) is 0 Å². The van der Waals surface area contributed by atoms with E-state index in [0.29, 0.717) is 4.73 Å². The van der Waals surface area contributed by atoms with Crippen LogP contribution in [0.15, 0.2) is 4.42 Å². The first kappa shape index (κ1) is 7.40. The Balaban J connectivity index is 3.01. The van der Waals surface area contributed by atoms with Crippen molar-refractivity contribution in [2.45, 2.75) is 0 Å². The van der Waals surface area contributed by atoms with Crippen molar-refractivity contribution >= 4 is 28.8 Å². The van der Waals surface area contributed by atoms with E-state index >= 15 is 0 Å². The van der Waals surface area contributed by atoms with E-state index in [-0.39, 0.29) is 27.5 Å². The fraction of sp³-hybridized carbons (Fsp3) is 0. The van der Waals surface area contributed by atoms with Gasteiger partial charge in [0.05, 0.1) is 0 Å². The van der Waals surface area contributed by atoms with E-state index in [1.54, 1.807) is 0 Å². The second-order valence-electron chi connectivity index (χ2n) is 2.50. The average Bonchev–Trinajstić information content (AvgIpc) is 2.48. The molecule has 0 spiro atoms. The number of rotatable bonds is 0. The first-order valence-corrected chi connectivity index (χ1v) is 3.30. The topological polar surface area (TPSA) is 143 Å². The number of anilines is 3. The second-order valence-corrected chi connectivity index (χ2v) is 2.50. The van der Waals surface area contributed by atoms with Crippen molar-refractivity contribution in [1.82, 2.24) is 4.73 Å². The highest BCUT2D eigenvalue weighted by molar-refractivity contribution is 5.90. The maximum absolute atomic E-state index is 11.1. The summed E-state index contributed by atoms with van der Waals surface area (Å²) < 4.78 is 5.40. The molecule has 0 aliphatic carbocycles. The van der Waals surface area contributed by atoms with Crippen LogP contribution < -0.4 is 21.9 Å². The lowest BCUT2D eigenvalue weighted by molar-refractivity contribution is -0.570. The highest BCUT2D eigenvalue weighted by Gasteiger charge is 2.25. The van der Waals surface area contributed by atoms with Gasteiger partial charge in [0.1, 0.15) is 5.69 Å². The van der Waals surface area contributed by atoms with Crippen LogP contribution in [0.5, 0.6) is 0 Å². The standard InChI is InChI=1S/C5H7N5O3/c6-1-2-4(9(11)3(1)7)10(12)5(8)13-2/h11H,6-8H2. The van der Waals surface area contributed by atoms with Gasteiger partial charge < -0.3 is 26.3 Å². The SMILES string of the molecule is Nc1c(N)n(O)c2c1oc(N)[n+]2[O-]. The summed E-state index contributed by atoms with van der Waals surface area (Å²) in [4.78, 5) is 0. The molecule has 0 atom stereocenters. The van der Waals surface area contributed by atoms with Gasteiger partial charge in [0.2, 0.25) is 11.4 Å². The summed E-state index contributed by atoms with van der Waals surface area (Å²) in [5.74, 6) is -0.154. The molecule has 0 radical (unpaired) electrons. The molecule has 0 unspecified atom stereocenters. The van der Waals surface area contributed by atoms with Crippen LogP contribution in [0.25, 0.3) is 11.2 Å². The van der Waals surface area contributed by atoms with Gasteiger partial charge in [0.25, 0.3) is 0 Å². The molecule has 2 rings (SSSR count). The van der Waals surface area contributed by atoms with Gasteiger partial charge in [-0.15, -0.1) is 0 Å². The molecule has 0 amide bonds. The largest absolute Gasteiger partial charge is 0.737 e. The van der Waals surface area contributed by atoms with E-state index in [0.717, 1.165) is 0 Å². The van der Waals surface area contributed by atoms with Crippen molar-refractivity contribution in [3.8, 4) is 0 Å². The van der Waals surface area contributed by atoms with Crippen molar-refractivity contribution in [3.63, 3.8) is 0 Å². The zero-order valence-corrected chi connectivity index (χ0v) is 6.39. The van der Waals surface area contributed by atoms with Crippen molar-refractivity contribution in [3.05, 3.63) is 5.21 Å². The number of hydrogen-bond donors (Lipinski definition) is 4. The van der Waals surface area contributed by atoms with E-state index < -0.39 is 6.01 Å². The maximum Gasteiger partial charge on any atom is 0.396 e. The smallest absolute Gasteiger partial charge is 0.396 e. The lowest BCUT2D eigenvalue weighted by Gasteiger charge is -1.98. The Bertz CT molecular complexity index is 484. The lowest BCUT2D eigenvalue weighted by atomic mass is 10.5. The van der Waals surface area contributed by atoms with Crippen LogP contribution in [0, 0.1) is 5.21 Å². The molecule has 7 N–H and O–H groups in total. The first-order chi connectivity index (χ1) is 6.04.